The number of rotatable bonds is 4. The lowest BCUT2D eigenvalue weighted by Gasteiger charge is -2.02. The first kappa shape index (κ1) is 9.65. The van der Waals surface area contributed by atoms with Gasteiger partial charge in [-0.3, -0.25) is 4.79 Å². The number of hydrogen-bond acceptors (Lipinski definition) is 2. The summed E-state index contributed by atoms with van der Waals surface area (Å²) in [5, 5.41) is 0. The summed E-state index contributed by atoms with van der Waals surface area (Å²) >= 11 is 0. The van der Waals surface area contributed by atoms with E-state index >= 15 is 0 Å². The third-order valence-corrected chi connectivity index (χ3v) is 1.91. The van der Waals surface area contributed by atoms with Crippen molar-refractivity contribution < 1.29 is 9.59 Å². The predicted molar refractivity (Wildman–Crippen MR) is 50.8 cm³/mol. The van der Waals surface area contributed by atoms with E-state index in [2.05, 4.69) is 0 Å². The molecule has 0 heterocycles. The summed E-state index contributed by atoms with van der Waals surface area (Å²) < 4.78 is 0. The van der Waals surface area contributed by atoms with Crippen molar-refractivity contribution >= 4 is 12.6 Å². The second kappa shape index (κ2) is 4.55. The second-order valence-electron chi connectivity index (χ2n) is 3.18. The van der Waals surface area contributed by atoms with Crippen molar-refractivity contribution in [2.24, 2.45) is 5.92 Å². The molecular weight excluding hydrogens is 164 g/mol. The summed E-state index contributed by atoms with van der Waals surface area (Å²) in [6.45, 7) is 1.88. The molecule has 1 aromatic carbocycles. The lowest BCUT2D eigenvalue weighted by atomic mass is 10.0. The predicted octanol–water partition coefficient (Wildman–Crippen LogP) is 1.88. The molecule has 1 aromatic rings. The van der Waals surface area contributed by atoms with E-state index in [0.29, 0.717) is 5.56 Å². The van der Waals surface area contributed by atoms with Crippen molar-refractivity contribution in [3.63, 3.8) is 0 Å². The normalized spacial score (nSPS) is 12.1. The van der Waals surface area contributed by atoms with Gasteiger partial charge in [-0.25, -0.2) is 0 Å². The first-order valence-corrected chi connectivity index (χ1v) is 4.25. The summed E-state index contributed by atoms with van der Waals surface area (Å²) in [6, 6.07) is 7.28. The van der Waals surface area contributed by atoms with E-state index in [4.69, 9.17) is 0 Å². The molecule has 0 N–H and O–H groups in total. The van der Waals surface area contributed by atoms with Gasteiger partial charge in [0.15, 0.2) is 0 Å². The Morgan fingerprint density at radius 2 is 1.85 bits per heavy atom. The van der Waals surface area contributed by atoms with E-state index in [9.17, 15) is 9.59 Å². The fourth-order valence-electron chi connectivity index (χ4n) is 1.15. The van der Waals surface area contributed by atoms with Crippen LogP contribution in [0.1, 0.15) is 22.8 Å². The Labute approximate surface area is 77.6 Å². The third-order valence-electron chi connectivity index (χ3n) is 1.91. The summed E-state index contributed by atoms with van der Waals surface area (Å²) in [5.41, 5.74) is 1.76. The van der Waals surface area contributed by atoms with Gasteiger partial charge in [-0.1, -0.05) is 31.2 Å². The van der Waals surface area contributed by atoms with E-state index in [1.54, 1.807) is 12.1 Å². The first-order chi connectivity index (χ1) is 6.26. The zero-order valence-electron chi connectivity index (χ0n) is 7.57. The van der Waals surface area contributed by atoms with Crippen molar-refractivity contribution in [1.29, 1.82) is 0 Å². The standard InChI is InChI=1S/C11H12O2/c1-9(7-12)6-10-2-4-11(8-13)5-3-10/h2-5,7-9H,6H2,1H3/t9-/m1/s1. The number of carbonyl (C=O) groups is 2. The highest BCUT2D eigenvalue weighted by atomic mass is 16.1. The molecule has 0 saturated heterocycles. The number of carbonyl (C=O) groups excluding carboxylic acids is 2. The molecule has 0 bridgehead atoms. The summed E-state index contributed by atoms with van der Waals surface area (Å²) in [5.74, 6) is 0.0436. The molecular formula is C11H12O2. The van der Waals surface area contributed by atoms with Gasteiger partial charge in [0.05, 0.1) is 0 Å². The quantitative estimate of drug-likeness (QED) is 0.656. The van der Waals surface area contributed by atoms with Crippen molar-refractivity contribution in [1.82, 2.24) is 0 Å². The molecule has 0 radical (unpaired) electrons. The molecule has 0 spiro atoms. The van der Waals surface area contributed by atoms with Crippen LogP contribution in [0, 0.1) is 5.92 Å². The van der Waals surface area contributed by atoms with Gasteiger partial charge in [0.25, 0.3) is 0 Å². The monoisotopic (exact) mass is 176 g/mol. The third kappa shape index (κ3) is 2.82. The van der Waals surface area contributed by atoms with E-state index in [1.165, 1.54) is 0 Å². The summed E-state index contributed by atoms with van der Waals surface area (Å²) in [4.78, 5) is 20.7. The van der Waals surface area contributed by atoms with Gasteiger partial charge < -0.3 is 4.79 Å². The van der Waals surface area contributed by atoms with Crippen LogP contribution in [-0.4, -0.2) is 12.6 Å². The molecule has 0 amide bonds. The van der Waals surface area contributed by atoms with Crippen molar-refractivity contribution in [2.75, 3.05) is 0 Å². The zero-order chi connectivity index (χ0) is 9.68. The highest BCUT2D eigenvalue weighted by Crippen LogP contribution is 2.07. The van der Waals surface area contributed by atoms with E-state index in [-0.39, 0.29) is 5.92 Å². The molecule has 1 atom stereocenters. The zero-order valence-corrected chi connectivity index (χ0v) is 7.57. The van der Waals surface area contributed by atoms with Crippen LogP contribution in [0.25, 0.3) is 0 Å². The van der Waals surface area contributed by atoms with Gasteiger partial charge >= 0.3 is 0 Å². The van der Waals surface area contributed by atoms with Crippen LogP contribution < -0.4 is 0 Å². The molecule has 0 aliphatic heterocycles. The maximum atomic E-state index is 10.4. The molecule has 0 aliphatic carbocycles. The van der Waals surface area contributed by atoms with E-state index in [0.717, 1.165) is 24.6 Å². The van der Waals surface area contributed by atoms with Crippen molar-refractivity contribution in [3.8, 4) is 0 Å². The Kier molecular flexibility index (Phi) is 3.38. The number of benzene rings is 1. The van der Waals surface area contributed by atoms with Crippen LogP contribution >= 0.6 is 0 Å². The van der Waals surface area contributed by atoms with Crippen LogP contribution in [0.3, 0.4) is 0 Å². The van der Waals surface area contributed by atoms with Gasteiger partial charge in [-0.15, -0.1) is 0 Å². The Morgan fingerprint density at radius 3 is 2.31 bits per heavy atom. The van der Waals surface area contributed by atoms with Crippen LogP contribution in [0.5, 0.6) is 0 Å². The maximum Gasteiger partial charge on any atom is 0.150 e. The highest BCUT2D eigenvalue weighted by Gasteiger charge is 2.00. The van der Waals surface area contributed by atoms with Crippen LogP contribution in [-0.2, 0) is 11.2 Å². The summed E-state index contributed by atoms with van der Waals surface area (Å²) in [6.07, 6.45) is 2.49. The summed E-state index contributed by atoms with van der Waals surface area (Å²) in [7, 11) is 0. The average Bonchev–Trinajstić information content (AvgIpc) is 2.19. The molecule has 68 valence electrons. The molecule has 2 nitrogen and oxygen atoms in total. The second-order valence-corrected chi connectivity index (χ2v) is 3.18. The van der Waals surface area contributed by atoms with Gasteiger partial charge in [0.2, 0.25) is 0 Å². The molecule has 1 rings (SSSR count). The Balaban J connectivity index is 2.69. The Bertz CT molecular complexity index is 287. The molecule has 0 unspecified atom stereocenters. The lowest BCUT2D eigenvalue weighted by Crippen LogP contribution is -2.00. The molecule has 0 fully saturated rings. The van der Waals surface area contributed by atoms with Crippen molar-refractivity contribution in [2.45, 2.75) is 13.3 Å². The molecule has 0 aliphatic rings. The molecule has 0 saturated carbocycles. The maximum absolute atomic E-state index is 10.4. The van der Waals surface area contributed by atoms with Gasteiger partial charge in [0.1, 0.15) is 12.6 Å². The molecule has 0 aromatic heterocycles. The van der Waals surface area contributed by atoms with E-state index < -0.39 is 0 Å². The largest absolute Gasteiger partial charge is 0.303 e. The number of aldehydes is 2. The Morgan fingerprint density at radius 1 is 1.23 bits per heavy atom. The van der Waals surface area contributed by atoms with Crippen molar-refractivity contribution in [3.05, 3.63) is 35.4 Å². The average molecular weight is 176 g/mol. The number of hydrogen-bond donors (Lipinski definition) is 0. The first-order valence-electron chi connectivity index (χ1n) is 4.25. The minimum absolute atomic E-state index is 0.0436. The lowest BCUT2D eigenvalue weighted by molar-refractivity contribution is -0.110. The fraction of sp³-hybridized carbons (Fsp3) is 0.273. The fourth-order valence-corrected chi connectivity index (χ4v) is 1.15. The van der Waals surface area contributed by atoms with Gasteiger partial charge in [-0.05, 0) is 12.0 Å². The smallest absolute Gasteiger partial charge is 0.150 e. The highest BCUT2D eigenvalue weighted by molar-refractivity contribution is 5.74. The topological polar surface area (TPSA) is 34.1 Å². The molecule has 13 heavy (non-hydrogen) atoms. The van der Waals surface area contributed by atoms with Crippen LogP contribution in [0.2, 0.25) is 0 Å². The minimum atomic E-state index is 0.0436. The minimum Gasteiger partial charge on any atom is -0.303 e. The molecule has 2 heteroatoms. The van der Waals surface area contributed by atoms with Gasteiger partial charge in [-0.2, -0.15) is 0 Å². The van der Waals surface area contributed by atoms with Crippen LogP contribution in [0.4, 0.5) is 0 Å². The SMILES string of the molecule is C[C@@H](C=O)Cc1ccc(C=O)cc1. The van der Waals surface area contributed by atoms with E-state index in [1.807, 2.05) is 19.1 Å². The van der Waals surface area contributed by atoms with Crippen LogP contribution in [0.15, 0.2) is 24.3 Å². The van der Waals surface area contributed by atoms with Gasteiger partial charge in [0, 0.05) is 11.5 Å². The Hall–Kier alpha value is -1.44.